The molecule has 8 heteroatoms. The van der Waals surface area contributed by atoms with Crippen LogP contribution in [-0.4, -0.2) is 45.2 Å². The van der Waals surface area contributed by atoms with Crippen LogP contribution >= 0.6 is 11.3 Å². The van der Waals surface area contributed by atoms with Crippen LogP contribution in [0, 0.1) is 0 Å². The van der Waals surface area contributed by atoms with Gasteiger partial charge in [0.05, 0.1) is 21.7 Å². The van der Waals surface area contributed by atoms with Gasteiger partial charge in [-0.15, -0.1) is 0 Å². The molecular weight excluding hydrogens is 298 g/mol. The molecule has 20 heavy (non-hydrogen) atoms. The van der Waals surface area contributed by atoms with E-state index in [9.17, 15) is 13.2 Å². The van der Waals surface area contributed by atoms with E-state index in [0.29, 0.717) is 19.6 Å². The molecule has 1 fully saturated rings. The van der Waals surface area contributed by atoms with Crippen molar-refractivity contribution in [2.24, 2.45) is 0 Å². The number of nitrogens with zero attached hydrogens (tertiary/aromatic N) is 2. The lowest BCUT2D eigenvalue weighted by Gasteiger charge is -2.25. The first kappa shape index (κ1) is 13.3. The Labute approximate surface area is 120 Å². The molecule has 1 aromatic heterocycles. The minimum Gasteiger partial charge on any atom is -0.353 e. The number of piperazine rings is 1. The van der Waals surface area contributed by atoms with Crippen molar-refractivity contribution in [1.29, 1.82) is 0 Å². The summed E-state index contributed by atoms with van der Waals surface area (Å²) in [6, 6.07) is 4.90. The number of rotatable bonds is 2. The smallest absolute Gasteiger partial charge is 0.239 e. The van der Waals surface area contributed by atoms with Gasteiger partial charge in [-0.2, -0.15) is 0 Å². The van der Waals surface area contributed by atoms with Gasteiger partial charge in [-0.3, -0.25) is 4.79 Å². The Hall–Kier alpha value is -1.67. The summed E-state index contributed by atoms with van der Waals surface area (Å²) in [7, 11) is -3.22. The average molecular weight is 311 g/mol. The van der Waals surface area contributed by atoms with Crippen LogP contribution in [0.1, 0.15) is 0 Å². The third-order valence-corrected chi connectivity index (χ3v) is 5.27. The first-order valence-electron chi connectivity index (χ1n) is 6.06. The Kier molecular flexibility index (Phi) is 3.14. The predicted molar refractivity (Wildman–Crippen MR) is 78.0 cm³/mol. The summed E-state index contributed by atoms with van der Waals surface area (Å²) in [5, 5.41) is 3.51. The highest BCUT2D eigenvalue weighted by Crippen LogP contribution is 2.30. The number of carbonyl (C=O) groups excluding carboxylic acids is 1. The lowest BCUT2D eigenvalue weighted by Crippen LogP contribution is -2.47. The molecule has 3 rings (SSSR count). The van der Waals surface area contributed by atoms with Gasteiger partial charge in [-0.1, -0.05) is 11.3 Å². The number of carbonyl (C=O) groups is 1. The number of thiazole rings is 1. The summed E-state index contributed by atoms with van der Waals surface area (Å²) in [6.45, 7) is 1.60. The molecule has 1 aromatic carbocycles. The highest BCUT2D eigenvalue weighted by atomic mass is 32.2. The summed E-state index contributed by atoms with van der Waals surface area (Å²) < 4.78 is 23.9. The molecule has 0 aliphatic carbocycles. The zero-order valence-electron chi connectivity index (χ0n) is 10.8. The molecule has 1 aliphatic rings. The van der Waals surface area contributed by atoms with Gasteiger partial charge in [0.25, 0.3) is 0 Å². The molecule has 2 heterocycles. The maximum absolute atomic E-state index is 11.5. The van der Waals surface area contributed by atoms with Crippen LogP contribution < -0.4 is 10.2 Å². The number of fused-ring (bicyclic) bond motifs is 1. The summed E-state index contributed by atoms with van der Waals surface area (Å²) in [6.07, 6.45) is 1.19. The topological polar surface area (TPSA) is 79.4 Å². The molecular formula is C12H13N3O3S2. The molecule has 0 bridgehead atoms. The number of nitrogens with one attached hydrogen (secondary N) is 1. The van der Waals surface area contributed by atoms with Crippen LogP contribution in [0.3, 0.4) is 0 Å². The molecule has 0 saturated carbocycles. The van der Waals surface area contributed by atoms with Crippen LogP contribution in [0.5, 0.6) is 0 Å². The number of amides is 1. The molecule has 2 aromatic rings. The number of anilines is 1. The molecule has 0 unspecified atom stereocenters. The molecule has 106 valence electrons. The Morgan fingerprint density at radius 1 is 1.40 bits per heavy atom. The monoisotopic (exact) mass is 311 g/mol. The van der Waals surface area contributed by atoms with Crippen molar-refractivity contribution in [3.63, 3.8) is 0 Å². The summed E-state index contributed by atoms with van der Waals surface area (Å²) in [5.41, 5.74) is 0.753. The molecule has 0 radical (unpaired) electrons. The summed E-state index contributed by atoms with van der Waals surface area (Å²) >= 11 is 1.41. The van der Waals surface area contributed by atoms with Crippen molar-refractivity contribution < 1.29 is 13.2 Å². The van der Waals surface area contributed by atoms with Crippen molar-refractivity contribution in [3.05, 3.63) is 18.2 Å². The number of hydrogen-bond donors (Lipinski definition) is 1. The Morgan fingerprint density at radius 3 is 2.90 bits per heavy atom. The Bertz CT molecular complexity index is 782. The van der Waals surface area contributed by atoms with Crippen LogP contribution in [0.2, 0.25) is 0 Å². The second kappa shape index (κ2) is 4.71. The normalized spacial score (nSPS) is 16.4. The number of benzene rings is 1. The van der Waals surface area contributed by atoms with Gasteiger partial charge in [0.1, 0.15) is 0 Å². The van der Waals surface area contributed by atoms with E-state index in [1.807, 2.05) is 4.90 Å². The molecule has 0 spiro atoms. The zero-order chi connectivity index (χ0) is 14.3. The molecule has 1 aliphatic heterocycles. The lowest BCUT2D eigenvalue weighted by atomic mass is 10.3. The first-order valence-corrected chi connectivity index (χ1v) is 8.76. The Balaban J connectivity index is 2.00. The maximum atomic E-state index is 11.5. The molecule has 1 saturated heterocycles. The van der Waals surface area contributed by atoms with Crippen molar-refractivity contribution in [2.45, 2.75) is 4.90 Å². The van der Waals surface area contributed by atoms with Gasteiger partial charge in [0.2, 0.25) is 5.91 Å². The first-order chi connectivity index (χ1) is 9.43. The molecule has 0 atom stereocenters. The molecule has 1 N–H and O–H groups in total. The van der Waals surface area contributed by atoms with Gasteiger partial charge in [0.15, 0.2) is 15.0 Å². The number of hydrogen-bond acceptors (Lipinski definition) is 6. The quantitative estimate of drug-likeness (QED) is 0.880. The molecule has 6 nitrogen and oxygen atoms in total. The fourth-order valence-electron chi connectivity index (χ4n) is 2.06. The fraction of sp³-hybridized carbons (Fsp3) is 0.333. The van der Waals surface area contributed by atoms with E-state index in [1.54, 1.807) is 18.2 Å². The predicted octanol–water partition coefficient (Wildman–Crippen LogP) is 0.636. The second-order valence-electron chi connectivity index (χ2n) is 4.67. The van der Waals surface area contributed by atoms with E-state index in [-0.39, 0.29) is 10.8 Å². The van der Waals surface area contributed by atoms with Crippen LogP contribution in [0.25, 0.3) is 10.2 Å². The standard InChI is InChI=1S/C12H13N3O3S2/c1-20(17,18)8-2-3-9-10(6-8)19-12(14-9)15-5-4-13-11(16)7-15/h2-3,6H,4-5,7H2,1H3,(H,13,16). The van der Waals surface area contributed by atoms with Gasteiger partial charge in [0, 0.05) is 19.3 Å². The third kappa shape index (κ3) is 2.48. The summed E-state index contributed by atoms with van der Waals surface area (Å²) in [4.78, 5) is 18.1. The fourth-order valence-corrected chi connectivity index (χ4v) is 3.81. The number of aromatic nitrogens is 1. The highest BCUT2D eigenvalue weighted by molar-refractivity contribution is 7.90. The van der Waals surface area contributed by atoms with E-state index in [2.05, 4.69) is 10.3 Å². The van der Waals surface area contributed by atoms with Crippen LogP contribution in [0.15, 0.2) is 23.1 Å². The van der Waals surface area contributed by atoms with Crippen molar-refractivity contribution in [3.8, 4) is 0 Å². The van der Waals surface area contributed by atoms with Gasteiger partial charge < -0.3 is 10.2 Å². The third-order valence-electron chi connectivity index (χ3n) is 3.09. The van der Waals surface area contributed by atoms with Crippen molar-refractivity contribution >= 4 is 42.4 Å². The van der Waals surface area contributed by atoms with E-state index >= 15 is 0 Å². The highest BCUT2D eigenvalue weighted by Gasteiger charge is 2.20. The van der Waals surface area contributed by atoms with Gasteiger partial charge >= 0.3 is 0 Å². The number of sulfone groups is 1. The van der Waals surface area contributed by atoms with Gasteiger partial charge in [-0.05, 0) is 18.2 Å². The van der Waals surface area contributed by atoms with E-state index in [4.69, 9.17) is 0 Å². The average Bonchev–Trinajstić information content (AvgIpc) is 2.80. The Morgan fingerprint density at radius 2 is 2.20 bits per heavy atom. The van der Waals surface area contributed by atoms with E-state index in [0.717, 1.165) is 15.3 Å². The second-order valence-corrected chi connectivity index (χ2v) is 7.69. The zero-order valence-corrected chi connectivity index (χ0v) is 12.4. The minimum absolute atomic E-state index is 0.0210. The largest absolute Gasteiger partial charge is 0.353 e. The molecule has 1 amide bonds. The van der Waals surface area contributed by atoms with Crippen LogP contribution in [-0.2, 0) is 14.6 Å². The van der Waals surface area contributed by atoms with E-state index in [1.165, 1.54) is 17.6 Å². The van der Waals surface area contributed by atoms with Crippen LogP contribution in [0.4, 0.5) is 5.13 Å². The SMILES string of the molecule is CS(=O)(=O)c1ccc2nc(N3CCNC(=O)C3)sc2c1. The lowest BCUT2D eigenvalue weighted by molar-refractivity contribution is -0.120. The summed E-state index contributed by atoms with van der Waals surface area (Å²) in [5.74, 6) is -0.0210. The minimum atomic E-state index is -3.22. The van der Waals surface area contributed by atoms with Gasteiger partial charge in [-0.25, -0.2) is 13.4 Å². The van der Waals surface area contributed by atoms with E-state index < -0.39 is 9.84 Å². The maximum Gasteiger partial charge on any atom is 0.239 e. The van der Waals surface area contributed by atoms with Crippen molar-refractivity contribution in [1.82, 2.24) is 10.3 Å². The van der Waals surface area contributed by atoms with Crippen molar-refractivity contribution in [2.75, 3.05) is 30.8 Å².